The zero-order valence-corrected chi connectivity index (χ0v) is 9.46. The lowest BCUT2D eigenvalue weighted by molar-refractivity contribution is -0.139. The van der Waals surface area contributed by atoms with Crippen molar-refractivity contribution in [3.63, 3.8) is 0 Å². The molecule has 1 aliphatic carbocycles. The number of piperidine rings is 1. The summed E-state index contributed by atoms with van der Waals surface area (Å²) in [5.41, 5.74) is 1.79. The van der Waals surface area contributed by atoms with Crippen LogP contribution in [0, 0.1) is 18.8 Å². The molecule has 1 aromatic rings. The molecule has 1 amide bonds. The van der Waals surface area contributed by atoms with Crippen molar-refractivity contribution >= 4 is 17.6 Å². The summed E-state index contributed by atoms with van der Waals surface area (Å²) in [6.45, 7) is 1.96. The molecule has 88 valence electrons. The monoisotopic (exact) mass is 231 g/mol. The topological polar surface area (TPSA) is 57.6 Å². The van der Waals surface area contributed by atoms with Gasteiger partial charge in [0.15, 0.2) is 0 Å². The van der Waals surface area contributed by atoms with Gasteiger partial charge in [0.25, 0.3) is 0 Å². The van der Waals surface area contributed by atoms with Crippen molar-refractivity contribution in [2.45, 2.75) is 19.4 Å². The number of fused-ring (bicyclic) bond motifs is 1. The number of benzene rings is 1. The van der Waals surface area contributed by atoms with Crippen molar-refractivity contribution in [3.8, 4) is 0 Å². The number of amides is 1. The van der Waals surface area contributed by atoms with Gasteiger partial charge in [-0.3, -0.25) is 9.69 Å². The van der Waals surface area contributed by atoms with Gasteiger partial charge in [0, 0.05) is 17.5 Å². The first-order valence-electron chi connectivity index (χ1n) is 5.72. The number of carboxylic acids is 1. The van der Waals surface area contributed by atoms with Crippen LogP contribution in [-0.2, 0) is 9.59 Å². The quantitative estimate of drug-likeness (QED) is 0.837. The number of rotatable bonds is 2. The summed E-state index contributed by atoms with van der Waals surface area (Å²) in [7, 11) is 0. The molecule has 4 heteroatoms. The summed E-state index contributed by atoms with van der Waals surface area (Å²) in [6, 6.07) is 6.74. The summed E-state index contributed by atoms with van der Waals surface area (Å²) in [4.78, 5) is 24.7. The van der Waals surface area contributed by atoms with Crippen LogP contribution >= 0.6 is 0 Å². The van der Waals surface area contributed by atoms with Gasteiger partial charge in [-0.25, -0.2) is 4.79 Å². The van der Waals surface area contributed by atoms with Gasteiger partial charge in [-0.05, 0) is 25.5 Å². The Morgan fingerprint density at radius 3 is 2.59 bits per heavy atom. The Kier molecular flexibility index (Phi) is 2.02. The number of anilines is 1. The molecule has 1 aliphatic heterocycles. The Hall–Kier alpha value is -1.84. The Morgan fingerprint density at radius 1 is 1.35 bits per heavy atom. The van der Waals surface area contributed by atoms with Crippen molar-refractivity contribution < 1.29 is 14.7 Å². The lowest BCUT2D eigenvalue weighted by Gasteiger charge is -2.24. The van der Waals surface area contributed by atoms with E-state index in [1.807, 2.05) is 31.2 Å². The van der Waals surface area contributed by atoms with Gasteiger partial charge in [0.1, 0.15) is 6.04 Å². The van der Waals surface area contributed by atoms with Crippen LogP contribution in [0.1, 0.15) is 12.0 Å². The van der Waals surface area contributed by atoms with Crippen LogP contribution in [0.15, 0.2) is 24.3 Å². The van der Waals surface area contributed by atoms with Crippen molar-refractivity contribution in [1.29, 1.82) is 0 Å². The first-order valence-corrected chi connectivity index (χ1v) is 5.72. The molecule has 1 heterocycles. The fraction of sp³-hybridized carbons (Fsp3) is 0.385. The molecule has 4 nitrogen and oxygen atoms in total. The van der Waals surface area contributed by atoms with E-state index in [1.54, 1.807) is 0 Å². The van der Waals surface area contributed by atoms with E-state index < -0.39 is 12.0 Å². The van der Waals surface area contributed by atoms with Gasteiger partial charge in [0.2, 0.25) is 5.91 Å². The fourth-order valence-corrected chi connectivity index (χ4v) is 2.64. The summed E-state index contributed by atoms with van der Waals surface area (Å²) in [6.07, 6.45) is 0.734. The number of carbonyl (C=O) groups is 2. The summed E-state index contributed by atoms with van der Waals surface area (Å²) < 4.78 is 0. The zero-order chi connectivity index (χ0) is 12.2. The smallest absolute Gasteiger partial charge is 0.327 e. The highest BCUT2D eigenvalue weighted by molar-refractivity contribution is 6.06. The molecule has 2 fully saturated rings. The number of hydrogen-bond acceptors (Lipinski definition) is 2. The lowest BCUT2D eigenvalue weighted by Crippen LogP contribution is -2.42. The minimum absolute atomic E-state index is 0.0151. The van der Waals surface area contributed by atoms with Crippen LogP contribution in [0.4, 0.5) is 5.69 Å². The molecule has 0 spiro atoms. The molecule has 0 aromatic heterocycles. The van der Waals surface area contributed by atoms with Crippen LogP contribution in [0.2, 0.25) is 0 Å². The van der Waals surface area contributed by atoms with E-state index >= 15 is 0 Å². The van der Waals surface area contributed by atoms with E-state index in [4.69, 9.17) is 0 Å². The Morgan fingerprint density at radius 2 is 2.00 bits per heavy atom. The van der Waals surface area contributed by atoms with Gasteiger partial charge >= 0.3 is 5.97 Å². The maximum atomic E-state index is 12.0. The van der Waals surface area contributed by atoms with Crippen molar-refractivity contribution in [1.82, 2.24) is 0 Å². The second kappa shape index (κ2) is 3.32. The average Bonchev–Trinajstić information content (AvgIpc) is 3.00. The first-order chi connectivity index (χ1) is 8.09. The molecule has 1 saturated carbocycles. The van der Waals surface area contributed by atoms with Crippen molar-refractivity contribution in [3.05, 3.63) is 29.8 Å². The second-order valence-electron chi connectivity index (χ2n) is 4.83. The van der Waals surface area contributed by atoms with Crippen LogP contribution in [0.25, 0.3) is 0 Å². The molecule has 3 rings (SSSR count). The number of hydrogen-bond donors (Lipinski definition) is 1. The Labute approximate surface area is 98.9 Å². The van der Waals surface area contributed by atoms with E-state index in [0.717, 1.165) is 12.0 Å². The van der Waals surface area contributed by atoms with Gasteiger partial charge in [-0.1, -0.05) is 17.7 Å². The largest absolute Gasteiger partial charge is 0.480 e. The molecule has 3 unspecified atom stereocenters. The molecule has 3 atom stereocenters. The van der Waals surface area contributed by atoms with Crippen LogP contribution < -0.4 is 4.90 Å². The molecular weight excluding hydrogens is 218 g/mol. The molecule has 0 radical (unpaired) electrons. The number of nitrogens with zero attached hydrogens (tertiary/aromatic N) is 1. The van der Waals surface area contributed by atoms with E-state index in [0.29, 0.717) is 5.69 Å². The van der Waals surface area contributed by atoms with Gasteiger partial charge < -0.3 is 5.11 Å². The van der Waals surface area contributed by atoms with Crippen molar-refractivity contribution in [2.75, 3.05) is 4.90 Å². The van der Waals surface area contributed by atoms with Gasteiger partial charge in [-0.2, -0.15) is 0 Å². The number of aliphatic carboxylic acids is 1. The van der Waals surface area contributed by atoms with E-state index in [9.17, 15) is 14.7 Å². The molecule has 2 aliphatic rings. The summed E-state index contributed by atoms with van der Waals surface area (Å²) in [5, 5.41) is 9.22. The van der Waals surface area contributed by atoms with E-state index in [2.05, 4.69) is 0 Å². The molecule has 1 saturated heterocycles. The highest BCUT2D eigenvalue weighted by Crippen LogP contribution is 2.51. The third kappa shape index (κ3) is 1.44. The molecule has 0 bridgehead atoms. The standard InChI is InChI=1S/C13H13NO3/c1-7-2-4-8(5-3-7)14-11(13(16)17)9-6-10(9)12(14)15/h2-5,9-11H,6H2,1H3,(H,16,17). The third-order valence-electron chi connectivity index (χ3n) is 3.64. The minimum atomic E-state index is -0.899. The predicted octanol–water partition coefficient (Wildman–Crippen LogP) is 1.43. The maximum absolute atomic E-state index is 12.0. The first kappa shape index (κ1) is 10.3. The molecule has 1 N–H and O–H groups in total. The molecule has 17 heavy (non-hydrogen) atoms. The van der Waals surface area contributed by atoms with Crippen LogP contribution in [0.5, 0.6) is 0 Å². The van der Waals surface area contributed by atoms with Crippen molar-refractivity contribution in [2.24, 2.45) is 11.8 Å². The Balaban J connectivity index is 1.98. The normalized spacial score (nSPS) is 30.3. The SMILES string of the molecule is Cc1ccc(N2C(=O)C3CC3C2C(=O)O)cc1. The highest BCUT2D eigenvalue weighted by Gasteiger charge is 2.61. The Bertz CT molecular complexity index is 494. The molecule has 1 aromatic carbocycles. The minimum Gasteiger partial charge on any atom is -0.480 e. The second-order valence-corrected chi connectivity index (χ2v) is 4.83. The van der Waals surface area contributed by atoms with Gasteiger partial charge in [-0.15, -0.1) is 0 Å². The average molecular weight is 231 g/mol. The maximum Gasteiger partial charge on any atom is 0.327 e. The summed E-state index contributed by atoms with van der Waals surface area (Å²) in [5.74, 6) is -0.978. The van der Waals surface area contributed by atoms with Gasteiger partial charge in [0.05, 0.1) is 0 Å². The van der Waals surface area contributed by atoms with Crippen LogP contribution in [0.3, 0.4) is 0 Å². The van der Waals surface area contributed by atoms with Crippen LogP contribution in [-0.4, -0.2) is 23.0 Å². The zero-order valence-electron chi connectivity index (χ0n) is 9.46. The predicted molar refractivity (Wildman–Crippen MR) is 61.7 cm³/mol. The molecular formula is C13H13NO3. The lowest BCUT2D eigenvalue weighted by atomic mass is 10.1. The number of carboxylic acid groups (broad SMARTS) is 1. The summed E-state index contributed by atoms with van der Waals surface area (Å²) >= 11 is 0. The highest BCUT2D eigenvalue weighted by atomic mass is 16.4. The fourth-order valence-electron chi connectivity index (χ4n) is 2.64. The van der Waals surface area contributed by atoms with E-state index in [1.165, 1.54) is 4.90 Å². The number of carbonyl (C=O) groups excluding carboxylic acids is 1. The van der Waals surface area contributed by atoms with E-state index in [-0.39, 0.29) is 17.7 Å². The third-order valence-corrected chi connectivity index (χ3v) is 3.64. The number of aryl methyl sites for hydroxylation is 1.